The van der Waals surface area contributed by atoms with Crippen molar-refractivity contribution in [1.29, 1.82) is 0 Å². The number of amides is 2. The lowest BCUT2D eigenvalue weighted by atomic mass is 9.96. The van der Waals surface area contributed by atoms with E-state index in [-0.39, 0.29) is 30.4 Å². The van der Waals surface area contributed by atoms with E-state index in [4.69, 9.17) is 0 Å². The number of halogens is 2. The number of benzene rings is 1. The molecule has 1 fully saturated rings. The molecule has 1 aromatic carbocycles. The molecular weight excluding hydrogens is 318 g/mol. The Kier molecular flexibility index (Phi) is 6.25. The first-order chi connectivity index (χ1) is 11.4. The number of carbonyl (C=O) groups is 2. The molecule has 0 saturated carbocycles. The molecule has 2 unspecified atom stereocenters. The smallest absolute Gasteiger partial charge is 0.254 e. The lowest BCUT2D eigenvalue weighted by Crippen LogP contribution is -2.45. The molecule has 1 aliphatic heterocycles. The average molecular weight is 340 g/mol. The van der Waals surface area contributed by atoms with E-state index in [0.717, 1.165) is 18.6 Å². The molecule has 0 spiro atoms. The number of aliphatic hydroxyl groups is 1. The Hall–Kier alpha value is -2.02. The first-order valence-electron chi connectivity index (χ1n) is 8.07. The first-order valence-corrected chi connectivity index (χ1v) is 8.07. The van der Waals surface area contributed by atoms with Gasteiger partial charge in [0.1, 0.15) is 11.6 Å². The number of β-amino-alcohol motifs (C(OH)–C–C–N with tert-alkyl or cyclic N) is 1. The van der Waals surface area contributed by atoms with Gasteiger partial charge in [0.15, 0.2) is 0 Å². The number of aliphatic hydroxyl groups excluding tert-OH is 1. The van der Waals surface area contributed by atoms with Gasteiger partial charge in [-0.25, -0.2) is 8.78 Å². The van der Waals surface area contributed by atoms with Gasteiger partial charge >= 0.3 is 0 Å². The van der Waals surface area contributed by atoms with Gasteiger partial charge in [0.05, 0.1) is 11.7 Å². The van der Waals surface area contributed by atoms with Crippen LogP contribution in [0.2, 0.25) is 0 Å². The van der Waals surface area contributed by atoms with Crippen molar-refractivity contribution in [3.05, 3.63) is 35.4 Å². The first kappa shape index (κ1) is 18.3. The summed E-state index contributed by atoms with van der Waals surface area (Å²) in [4.78, 5) is 25.5. The van der Waals surface area contributed by atoms with E-state index >= 15 is 0 Å². The van der Waals surface area contributed by atoms with Gasteiger partial charge in [-0.15, -0.1) is 0 Å². The summed E-state index contributed by atoms with van der Waals surface area (Å²) in [5, 5.41) is 12.3. The summed E-state index contributed by atoms with van der Waals surface area (Å²) in [6.45, 7) is 3.14. The maximum absolute atomic E-state index is 13.5. The van der Waals surface area contributed by atoms with Crippen molar-refractivity contribution >= 4 is 11.8 Å². The minimum Gasteiger partial charge on any atom is -0.391 e. The molecule has 1 heterocycles. The minimum atomic E-state index is -0.917. The molecule has 132 valence electrons. The van der Waals surface area contributed by atoms with Gasteiger partial charge in [-0.1, -0.05) is 6.92 Å². The number of rotatable bonds is 5. The highest BCUT2D eigenvalue weighted by Crippen LogP contribution is 2.17. The van der Waals surface area contributed by atoms with Crippen molar-refractivity contribution < 1.29 is 23.5 Å². The highest BCUT2D eigenvalue weighted by atomic mass is 19.1. The lowest BCUT2D eigenvalue weighted by molar-refractivity contribution is -0.135. The maximum atomic E-state index is 13.5. The van der Waals surface area contributed by atoms with Crippen LogP contribution in [0.15, 0.2) is 18.2 Å². The summed E-state index contributed by atoms with van der Waals surface area (Å²) in [6, 6.07) is 2.76. The standard InChI is InChI=1S/C17H22F2N2O3/c1-11-6-8-21(10-15(11)22)16(23)3-2-7-20-17(24)13-5-4-12(18)9-14(13)19/h4-5,9,11,15,22H,2-3,6-8,10H2,1H3,(H,20,24). The van der Waals surface area contributed by atoms with Gasteiger partial charge in [0.2, 0.25) is 5.91 Å². The van der Waals surface area contributed by atoms with Crippen LogP contribution in [0.5, 0.6) is 0 Å². The van der Waals surface area contributed by atoms with E-state index in [1.54, 1.807) is 4.90 Å². The van der Waals surface area contributed by atoms with Crippen molar-refractivity contribution in [2.24, 2.45) is 5.92 Å². The topological polar surface area (TPSA) is 69.6 Å². The summed E-state index contributed by atoms with van der Waals surface area (Å²) >= 11 is 0. The largest absolute Gasteiger partial charge is 0.391 e. The summed E-state index contributed by atoms with van der Waals surface area (Å²) < 4.78 is 26.3. The third-order valence-electron chi connectivity index (χ3n) is 4.30. The summed E-state index contributed by atoms with van der Waals surface area (Å²) in [5.41, 5.74) is -0.226. The van der Waals surface area contributed by atoms with Crippen LogP contribution < -0.4 is 5.32 Å². The Morgan fingerprint density at radius 2 is 2.12 bits per heavy atom. The average Bonchev–Trinajstić information content (AvgIpc) is 2.53. The number of hydrogen-bond acceptors (Lipinski definition) is 3. The van der Waals surface area contributed by atoms with Gasteiger partial charge in [-0.05, 0) is 30.9 Å². The van der Waals surface area contributed by atoms with Crippen molar-refractivity contribution in [1.82, 2.24) is 10.2 Å². The minimum absolute atomic E-state index is 0.0665. The molecule has 2 N–H and O–H groups in total. The number of piperidine rings is 1. The molecule has 0 bridgehead atoms. The summed E-state index contributed by atoms with van der Waals surface area (Å²) in [6.07, 6.45) is 0.930. The molecule has 2 rings (SSSR count). The molecule has 7 heteroatoms. The van der Waals surface area contributed by atoms with E-state index < -0.39 is 23.6 Å². The van der Waals surface area contributed by atoms with Crippen LogP contribution in [0.1, 0.15) is 36.5 Å². The fraction of sp³-hybridized carbons (Fsp3) is 0.529. The lowest BCUT2D eigenvalue weighted by Gasteiger charge is -2.34. The molecule has 1 aliphatic rings. The van der Waals surface area contributed by atoms with Gasteiger partial charge in [0, 0.05) is 32.1 Å². The van der Waals surface area contributed by atoms with Crippen LogP contribution in [-0.2, 0) is 4.79 Å². The van der Waals surface area contributed by atoms with E-state index in [9.17, 15) is 23.5 Å². The molecule has 1 saturated heterocycles. The summed E-state index contributed by atoms with van der Waals surface area (Å²) in [7, 11) is 0. The molecule has 0 aliphatic carbocycles. The van der Waals surface area contributed by atoms with E-state index in [0.29, 0.717) is 25.6 Å². The van der Waals surface area contributed by atoms with E-state index in [1.165, 1.54) is 0 Å². The highest BCUT2D eigenvalue weighted by Gasteiger charge is 2.26. The predicted octanol–water partition coefficient (Wildman–Crippen LogP) is 1.70. The Labute approximate surface area is 139 Å². The Balaban J connectivity index is 1.72. The zero-order valence-electron chi connectivity index (χ0n) is 13.6. The number of likely N-dealkylation sites (tertiary alicyclic amines) is 1. The van der Waals surface area contributed by atoms with Gasteiger partial charge < -0.3 is 15.3 Å². The fourth-order valence-electron chi connectivity index (χ4n) is 2.64. The molecule has 1 aromatic rings. The third-order valence-corrected chi connectivity index (χ3v) is 4.30. The second-order valence-electron chi connectivity index (χ2n) is 6.16. The van der Waals surface area contributed by atoms with E-state index in [2.05, 4.69) is 5.32 Å². The maximum Gasteiger partial charge on any atom is 0.254 e. The van der Waals surface area contributed by atoms with Crippen molar-refractivity contribution in [2.75, 3.05) is 19.6 Å². The predicted molar refractivity (Wildman–Crippen MR) is 84.3 cm³/mol. The van der Waals surface area contributed by atoms with Crippen LogP contribution in [-0.4, -0.2) is 47.6 Å². The monoisotopic (exact) mass is 340 g/mol. The SMILES string of the molecule is CC1CCN(C(=O)CCCNC(=O)c2ccc(F)cc2F)CC1O. The number of nitrogens with zero attached hydrogens (tertiary/aromatic N) is 1. The number of nitrogens with one attached hydrogen (secondary N) is 1. The van der Waals surface area contributed by atoms with Gasteiger partial charge in [0.25, 0.3) is 5.91 Å². The summed E-state index contributed by atoms with van der Waals surface area (Å²) in [5.74, 6) is -2.17. The van der Waals surface area contributed by atoms with Crippen LogP contribution in [0.4, 0.5) is 8.78 Å². The molecule has 2 atom stereocenters. The molecule has 0 aromatic heterocycles. The molecule has 0 radical (unpaired) electrons. The van der Waals surface area contributed by atoms with Crippen LogP contribution in [0, 0.1) is 17.6 Å². The number of hydrogen-bond donors (Lipinski definition) is 2. The Morgan fingerprint density at radius 1 is 1.38 bits per heavy atom. The van der Waals surface area contributed by atoms with Crippen molar-refractivity contribution in [2.45, 2.75) is 32.3 Å². The zero-order chi connectivity index (χ0) is 17.7. The van der Waals surface area contributed by atoms with Gasteiger partial charge in [-0.3, -0.25) is 9.59 Å². The molecule has 2 amide bonds. The van der Waals surface area contributed by atoms with Crippen molar-refractivity contribution in [3.63, 3.8) is 0 Å². The quantitative estimate of drug-likeness (QED) is 0.802. The van der Waals surface area contributed by atoms with Crippen molar-refractivity contribution in [3.8, 4) is 0 Å². The number of carbonyl (C=O) groups excluding carboxylic acids is 2. The normalized spacial score (nSPS) is 20.8. The second-order valence-corrected chi connectivity index (χ2v) is 6.16. The van der Waals surface area contributed by atoms with E-state index in [1.807, 2.05) is 6.92 Å². The van der Waals surface area contributed by atoms with Crippen LogP contribution >= 0.6 is 0 Å². The second kappa shape index (κ2) is 8.19. The molecule has 24 heavy (non-hydrogen) atoms. The van der Waals surface area contributed by atoms with Gasteiger partial charge in [-0.2, -0.15) is 0 Å². The highest BCUT2D eigenvalue weighted by molar-refractivity contribution is 5.94. The van der Waals surface area contributed by atoms with Crippen LogP contribution in [0.3, 0.4) is 0 Å². The Bertz CT molecular complexity index is 609. The van der Waals surface area contributed by atoms with Crippen LogP contribution in [0.25, 0.3) is 0 Å². The Morgan fingerprint density at radius 3 is 2.79 bits per heavy atom. The molecule has 5 nitrogen and oxygen atoms in total. The third kappa shape index (κ3) is 4.74. The fourth-order valence-corrected chi connectivity index (χ4v) is 2.64. The molecular formula is C17H22F2N2O3. The zero-order valence-corrected chi connectivity index (χ0v) is 13.6.